The fourth-order valence-electron chi connectivity index (χ4n) is 2.19. The number of nitrogens with zero attached hydrogens (tertiary/aromatic N) is 1. The van der Waals surface area contributed by atoms with Crippen LogP contribution in [0.15, 0.2) is 53.4 Å². The van der Waals surface area contributed by atoms with E-state index in [0.717, 1.165) is 4.90 Å². The Morgan fingerprint density at radius 1 is 1.22 bits per heavy atom. The second-order valence-corrected chi connectivity index (χ2v) is 6.69. The van der Waals surface area contributed by atoms with Crippen LogP contribution in [-0.4, -0.2) is 16.6 Å². The van der Waals surface area contributed by atoms with Crippen LogP contribution in [-0.2, 0) is 9.59 Å². The van der Waals surface area contributed by atoms with Crippen molar-refractivity contribution in [1.29, 1.82) is 5.26 Å². The van der Waals surface area contributed by atoms with Crippen LogP contribution in [0, 0.1) is 11.3 Å². The number of rotatable bonds is 2. The summed E-state index contributed by atoms with van der Waals surface area (Å²) in [6, 6.07) is 15.9. The summed E-state index contributed by atoms with van der Waals surface area (Å²) in [4.78, 5) is 25.8. The van der Waals surface area contributed by atoms with Gasteiger partial charge >= 0.3 is 0 Å². The van der Waals surface area contributed by atoms with Crippen molar-refractivity contribution < 1.29 is 9.59 Å². The predicted molar refractivity (Wildman–Crippen MR) is 89.1 cm³/mol. The van der Waals surface area contributed by atoms with E-state index in [-0.39, 0.29) is 5.91 Å². The van der Waals surface area contributed by atoms with Crippen molar-refractivity contribution >= 4 is 35.0 Å². The van der Waals surface area contributed by atoms with E-state index in [2.05, 4.69) is 10.6 Å². The SMILES string of the molecule is CC1(C(=O)Nc2ccc(C#N)cc2)Sc2ccccc2NC1=O. The zero-order valence-electron chi connectivity index (χ0n) is 12.3. The Hall–Kier alpha value is -2.78. The van der Waals surface area contributed by atoms with Gasteiger partial charge in [0.2, 0.25) is 11.8 Å². The zero-order valence-corrected chi connectivity index (χ0v) is 13.1. The van der Waals surface area contributed by atoms with Crippen LogP contribution < -0.4 is 10.6 Å². The van der Waals surface area contributed by atoms with Gasteiger partial charge in [-0.15, -0.1) is 0 Å². The topological polar surface area (TPSA) is 82.0 Å². The molecule has 5 nitrogen and oxygen atoms in total. The molecule has 2 amide bonds. The summed E-state index contributed by atoms with van der Waals surface area (Å²) in [5.74, 6) is -0.758. The number of amides is 2. The summed E-state index contributed by atoms with van der Waals surface area (Å²) in [5.41, 5.74) is 1.77. The highest BCUT2D eigenvalue weighted by molar-refractivity contribution is 8.02. The zero-order chi connectivity index (χ0) is 16.4. The first-order valence-corrected chi connectivity index (χ1v) is 7.76. The number of carbonyl (C=O) groups excluding carboxylic acids is 2. The number of thioether (sulfide) groups is 1. The molecule has 23 heavy (non-hydrogen) atoms. The molecule has 1 atom stereocenters. The van der Waals surface area contributed by atoms with Crippen molar-refractivity contribution in [2.24, 2.45) is 0 Å². The maximum absolute atomic E-state index is 12.6. The van der Waals surface area contributed by atoms with Crippen LogP contribution >= 0.6 is 11.8 Å². The molecule has 0 aromatic heterocycles. The largest absolute Gasteiger partial charge is 0.324 e. The number of carbonyl (C=O) groups is 2. The van der Waals surface area contributed by atoms with Gasteiger partial charge in [-0.2, -0.15) is 5.26 Å². The highest BCUT2D eigenvalue weighted by atomic mass is 32.2. The summed E-state index contributed by atoms with van der Waals surface area (Å²) in [7, 11) is 0. The molecule has 6 heteroatoms. The van der Waals surface area contributed by atoms with Gasteiger partial charge < -0.3 is 10.6 Å². The van der Waals surface area contributed by atoms with E-state index in [1.165, 1.54) is 11.8 Å². The van der Waals surface area contributed by atoms with Gasteiger partial charge in [-0.25, -0.2) is 0 Å². The molecule has 0 spiro atoms. The molecule has 0 saturated carbocycles. The third kappa shape index (κ3) is 2.79. The van der Waals surface area contributed by atoms with Gasteiger partial charge in [-0.1, -0.05) is 23.9 Å². The van der Waals surface area contributed by atoms with E-state index in [4.69, 9.17) is 5.26 Å². The standard InChI is InChI=1S/C17H13N3O2S/c1-17(15(21)19-12-8-6-11(10-18)7-9-12)16(22)20-13-4-2-3-5-14(13)23-17/h2-9H,1H3,(H,19,21)(H,20,22). The Kier molecular flexibility index (Phi) is 3.80. The fourth-order valence-corrected chi connectivity index (χ4v) is 3.30. The molecule has 1 aliphatic heterocycles. The van der Waals surface area contributed by atoms with E-state index < -0.39 is 10.7 Å². The van der Waals surface area contributed by atoms with Gasteiger partial charge in [0, 0.05) is 10.6 Å². The molecule has 2 aromatic carbocycles. The average molecular weight is 323 g/mol. The third-order valence-electron chi connectivity index (χ3n) is 3.59. The number of nitrogens with one attached hydrogen (secondary N) is 2. The van der Waals surface area contributed by atoms with Crippen LogP contribution in [0.1, 0.15) is 12.5 Å². The molecule has 0 bridgehead atoms. The monoisotopic (exact) mass is 323 g/mol. The number of anilines is 2. The van der Waals surface area contributed by atoms with Gasteiger partial charge in [0.1, 0.15) is 0 Å². The van der Waals surface area contributed by atoms with E-state index in [0.29, 0.717) is 16.9 Å². The van der Waals surface area contributed by atoms with Crippen molar-refractivity contribution in [3.63, 3.8) is 0 Å². The molecule has 1 unspecified atom stereocenters. The Bertz CT molecular complexity index is 826. The third-order valence-corrected chi connectivity index (χ3v) is 4.94. The smallest absolute Gasteiger partial charge is 0.250 e. The van der Waals surface area contributed by atoms with Crippen LogP contribution in [0.3, 0.4) is 0 Å². The molecular formula is C17H13N3O2S. The highest BCUT2D eigenvalue weighted by Crippen LogP contribution is 2.42. The Balaban J connectivity index is 1.83. The number of nitriles is 1. The highest BCUT2D eigenvalue weighted by Gasteiger charge is 2.45. The molecule has 2 N–H and O–H groups in total. The first-order chi connectivity index (χ1) is 11.0. The van der Waals surface area contributed by atoms with Gasteiger partial charge in [0.15, 0.2) is 4.75 Å². The normalized spacial score (nSPS) is 19.2. The van der Waals surface area contributed by atoms with Gasteiger partial charge in [0.05, 0.1) is 17.3 Å². The lowest BCUT2D eigenvalue weighted by molar-refractivity contribution is -0.126. The van der Waals surface area contributed by atoms with Crippen molar-refractivity contribution in [2.45, 2.75) is 16.6 Å². The molecule has 0 fully saturated rings. The fraction of sp³-hybridized carbons (Fsp3) is 0.118. The number of para-hydroxylation sites is 1. The van der Waals surface area contributed by atoms with Crippen molar-refractivity contribution in [3.8, 4) is 6.07 Å². The molecule has 114 valence electrons. The first-order valence-electron chi connectivity index (χ1n) is 6.94. The minimum atomic E-state index is -1.26. The Morgan fingerprint density at radius 3 is 2.61 bits per heavy atom. The lowest BCUT2D eigenvalue weighted by Crippen LogP contribution is -2.49. The van der Waals surface area contributed by atoms with Crippen LogP contribution in [0.4, 0.5) is 11.4 Å². The molecule has 0 radical (unpaired) electrons. The molecule has 1 aliphatic rings. The molecule has 2 aromatic rings. The maximum Gasteiger partial charge on any atom is 0.250 e. The van der Waals surface area contributed by atoms with Gasteiger partial charge in [-0.3, -0.25) is 9.59 Å². The number of hydrogen-bond acceptors (Lipinski definition) is 4. The number of hydrogen-bond donors (Lipinski definition) is 2. The van der Waals surface area contributed by atoms with E-state index in [1.807, 2.05) is 24.3 Å². The molecular weight excluding hydrogens is 310 g/mol. The lowest BCUT2D eigenvalue weighted by Gasteiger charge is -2.31. The first kappa shape index (κ1) is 15.1. The molecule has 1 heterocycles. The average Bonchev–Trinajstić information content (AvgIpc) is 2.56. The molecule has 0 saturated heterocycles. The minimum Gasteiger partial charge on any atom is -0.324 e. The van der Waals surface area contributed by atoms with Crippen molar-refractivity contribution in [1.82, 2.24) is 0 Å². The summed E-state index contributed by atoms with van der Waals surface area (Å²) < 4.78 is -1.26. The summed E-state index contributed by atoms with van der Waals surface area (Å²) in [5, 5.41) is 14.3. The minimum absolute atomic E-state index is 0.354. The van der Waals surface area contributed by atoms with E-state index >= 15 is 0 Å². The van der Waals surface area contributed by atoms with Crippen LogP contribution in [0.2, 0.25) is 0 Å². The van der Waals surface area contributed by atoms with E-state index in [1.54, 1.807) is 37.3 Å². The van der Waals surface area contributed by atoms with Gasteiger partial charge in [0.25, 0.3) is 0 Å². The van der Waals surface area contributed by atoms with Crippen LogP contribution in [0.5, 0.6) is 0 Å². The molecule has 3 rings (SSSR count). The van der Waals surface area contributed by atoms with Crippen molar-refractivity contribution in [3.05, 3.63) is 54.1 Å². The van der Waals surface area contributed by atoms with E-state index in [9.17, 15) is 9.59 Å². The van der Waals surface area contributed by atoms with Crippen molar-refractivity contribution in [2.75, 3.05) is 10.6 Å². The summed E-state index contributed by atoms with van der Waals surface area (Å²) >= 11 is 1.23. The quantitative estimate of drug-likeness (QED) is 0.832. The lowest BCUT2D eigenvalue weighted by atomic mass is 10.1. The van der Waals surface area contributed by atoms with Crippen LogP contribution in [0.25, 0.3) is 0 Å². The summed E-state index contributed by atoms with van der Waals surface area (Å²) in [6.07, 6.45) is 0. The molecule has 0 aliphatic carbocycles. The number of fused-ring (bicyclic) bond motifs is 1. The Morgan fingerprint density at radius 2 is 1.91 bits per heavy atom. The number of benzene rings is 2. The predicted octanol–water partition coefficient (Wildman–Crippen LogP) is 3.00. The van der Waals surface area contributed by atoms with Gasteiger partial charge in [-0.05, 0) is 43.3 Å². The Labute approximate surface area is 137 Å². The second kappa shape index (κ2) is 5.78. The summed E-state index contributed by atoms with van der Waals surface area (Å²) in [6.45, 7) is 1.60. The second-order valence-electron chi connectivity index (χ2n) is 5.23. The maximum atomic E-state index is 12.6.